The summed E-state index contributed by atoms with van der Waals surface area (Å²) < 4.78 is -0.832. The highest BCUT2D eigenvalue weighted by Gasteiger charge is 2.32. The van der Waals surface area contributed by atoms with E-state index in [9.17, 15) is 9.59 Å². The van der Waals surface area contributed by atoms with Crippen LogP contribution in [0.4, 0.5) is 4.79 Å². The number of alkyl halides is 1. The summed E-state index contributed by atoms with van der Waals surface area (Å²) in [7, 11) is 0. The molecule has 4 nitrogen and oxygen atoms in total. The number of carbonyl (C=O) groups is 2. The highest BCUT2D eigenvalue weighted by Crippen LogP contribution is 2.16. The SMILES string of the molecule is CC1(Br)C=NC(=O)NC1=O. The lowest BCUT2D eigenvalue weighted by molar-refractivity contribution is -0.120. The van der Waals surface area contributed by atoms with E-state index >= 15 is 0 Å². The molecule has 1 aliphatic heterocycles. The Kier molecular flexibility index (Phi) is 1.60. The molecule has 0 aromatic rings. The highest BCUT2D eigenvalue weighted by atomic mass is 79.9. The first-order valence-corrected chi connectivity index (χ1v) is 3.41. The quantitative estimate of drug-likeness (QED) is 0.584. The van der Waals surface area contributed by atoms with Crippen LogP contribution in [-0.4, -0.2) is 22.5 Å². The van der Waals surface area contributed by atoms with Crippen LogP contribution in [0.3, 0.4) is 0 Å². The summed E-state index contributed by atoms with van der Waals surface area (Å²) >= 11 is 3.07. The van der Waals surface area contributed by atoms with Gasteiger partial charge in [-0.2, -0.15) is 0 Å². The van der Waals surface area contributed by atoms with Gasteiger partial charge in [-0.05, 0) is 6.92 Å². The van der Waals surface area contributed by atoms with Gasteiger partial charge in [0.15, 0.2) is 0 Å². The Morgan fingerprint density at radius 2 is 2.30 bits per heavy atom. The monoisotopic (exact) mass is 204 g/mol. The van der Waals surface area contributed by atoms with Crippen molar-refractivity contribution in [3.8, 4) is 0 Å². The van der Waals surface area contributed by atoms with Crippen LogP contribution < -0.4 is 5.32 Å². The molecule has 0 fully saturated rings. The van der Waals surface area contributed by atoms with Gasteiger partial charge in [0.05, 0.1) is 0 Å². The molecule has 0 aromatic carbocycles. The number of rotatable bonds is 0. The van der Waals surface area contributed by atoms with Gasteiger partial charge >= 0.3 is 6.03 Å². The molecule has 0 saturated carbocycles. The Labute approximate surface area is 65.8 Å². The van der Waals surface area contributed by atoms with Gasteiger partial charge in [0.1, 0.15) is 4.32 Å². The lowest BCUT2D eigenvalue weighted by Crippen LogP contribution is -2.46. The predicted molar refractivity (Wildman–Crippen MR) is 39.4 cm³/mol. The Morgan fingerprint density at radius 3 is 2.70 bits per heavy atom. The molecular formula is C5H5BrN2O2. The Morgan fingerprint density at radius 1 is 1.70 bits per heavy atom. The number of aliphatic imine (C=N–C) groups is 1. The summed E-state index contributed by atoms with van der Waals surface area (Å²) in [6, 6.07) is -0.609. The van der Waals surface area contributed by atoms with E-state index in [0.29, 0.717) is 0 Å². The van der Waals surface area contributed by atoms with Crippen molar-refractivity contribution in [2.45, 2.75) is 11.2 Å². The van der Waals surface area contributed by atoms with E-state index in [4.69, 9.17) is 0 Å². The standard InChI is InChI=1S/C5H5BrN2O2/c1-5(6)2-7-4(10)8-3(5)9/h2H,1H3,(H,8,9,10). The fraction of sp³-hybridized carbons (Fsp3) is 0.400. The first kappa shape index (κ1) is 7.40. The fourth-order valence-corrected chi connectivity index (χ4v) is 0.692. The number of imide groups is 1. The minimum atomic E-state index is -0.832. The molecule has 0 aliphatic carbocycles. The first-order valence-electron chi connectivity index (χ1n) is 2.62. The second-order valence-corrected chi connectivity index (χ2v) is 3.74. The van der Waals surface area contributed by atoms with Gasteiger partial charge in [-0.1, -0.05) is 15.9 Å². The van der Waals surface area contributed by atoms with Crippen LogP contribution in [0, 0.1) is 0 Å². The fourth-order valence-electron chi connectivity index (χ4n) is 0.490. The molecule has 1 atom stereocenters. The van der Waals surface area contributed by atoms with Crippen molar-refractivity contribution in [3.05, 3.63) is 0 Å². The average Bonchev–Trinajstić information content (AvgIpc) is 1.81. The number of halogens is 1. The van der Waals surface area contributed by atoms with E-state index in [0.717, 1.165) is 0 Å². The summed E-state index contributed by atoms with van der Waals surface area (Å²) in [4.78, 5) is 24.7. The number of hydrogen-bond donors (Lipinski definition) is 1. The van der Waals surface area contributed by atoms with Gasteiger partial charge in [-0.3, -0.25) is 10.1 Å². The van der Waals surface area contributed by atoms with Gasteiger partial charge in [0.25, 0.3) is 0 Å². The smallest absolute Gasteiger partial charge is 0.275 e. The third-order valence-electron chi connectivity index (χ3n) is 1.09. The van der Waals surface area contributed by atoms with Crippen LogP contribution in [0.25, 0.3) is 0 Å². The molecule has 1 rings (SSSR count). The molecule has 0 aromatic heterocycles. The second-order valence-electron chi connectivity index (χ2n) is 2.09. The molecular weight excluding hydrogens is 200 g/mol. The van der Waals surface area contributed by atoms with Crippen molar-refractivity contribution in [1.82, 2.24) is 5.32 Å². The summed E-state index contributed by atoms with van der Waals surface area (Å²) in [5.74, 6) is -0.382. The van der Waals surface area contributed by atoms with Crippen LogP contribution in [0.2, 0.25) is 0 Å². The number of nitrogens with zero attached hydrogens (tertiary/aromatic N) is 1. The highest BCUT2D eigenvalue weighted by molar-refractivity contribution is 9.10. The maximum atomic E-state index is 10.9. The normalized spacial score (nSPS) is 32.2. The lowest BCUT2D eigenvalue weighted by atomic mass is 10.2. The van der Waals surface area contributed by atoms with Gasteiger partial charge in [0.2, 0.25) is 5.91 Å². The Hall–Kier alpha value is -0.710. The minimum absolute atomic E-state index is 0.382. The summed E-state index contributed by atoms with van der Waals surface area (Å²) in [6.07, 6.45) is 1.27. The molecule has 5 heteroatoms. The molecule has 0 saturated heterocycles. The number of amides is 3. The molecule has 54 valence electrons. The number of carbonyl (C=O) groups excluding carboxylic acids is 2. The van der Waals surface area contributed by atoms with Crippen molar-refractivity contribution >= 4 is 34.1 Å². The predicted octanol–water partition coefficient (Wildman–Crippen LogP) is 0.461. The van der Waals surface area contributed by atoms with Gasteiger partial charge in [-0.15, -0.1) is 0 Å². The van der Waals surface area contributed by atoms with Crippen LogP contribution in [0.5, 0.6) is 0 Å². The van der Waals surface area contributed by atoms with Gasteiger partial charge in [0, 0.05) is 6.21 Å². The third kappa shape index (κ3) is 1.23. The third-order valence-corrected chi connectivity index (χ3v) is 1.65. The van der Waals surface area contributed by atoms with E-state index in [-0.39, 0.29) is 5.91 Å². The summed E-state index contributed by atoms with van der Waals surface area (Å²) in [5, 5.41) is 2.05. The van der Waals surface area contributed by atoms with Gasteiger partial charge in [-0.25, -0.2) is 9.79 Å². The molecule has 1 heterocycles. The summed E-state index contributed by atoms with van der Waals surface area (Å²) in [5.41, 5.74) is 0. The molecule has 10 heavy (non-hydrogen) atoms. The zero-order chi connectivity index (χ0) is 7.78. The van der Waals surface area contributed by atoms with E-state index in [1.807, 2.05) is 5.32 Å². The van der Waals surface area contributed by atoms with E-state index in [2.05, 4.69) is 20.9 Å². The van der Waals surface area contributed by atoms with Crippen molar-refractivity contribution < 1.29 is 9.59 Å². The lowest BCUT2D eigenvalue weighted by Gasteiger charge is -2.18. The summed E-state index contributed by atoms with van der Waals surface area (Å²) in [6.45, 7) is 1.61. The Bertz CT molecular complexity index is 222. The van der Waals surface area contributed by atoms with E-state index in [1.165, 1.54) is 6.21 Å². The minimum Gasteiger partial charge on any atom is -0.275 e. The maximum absolute atomic E-state index is 10.9. The Balaban J connectivity index is 2.93. The number of urea groups is 1. The van der Waals surface area contributed by atoms with Crippen LogP contribution >= 0.6 is 15.9 Å². The number of hydrogen-bond acceptors (Lipinski definition) is 2. The second kappa shape index (κ2) is 2.16. The van der Waals surface area contributed by atoms with Crippen LogP contribution in [-0.2, 0) is 4.79 Å². The first-order chi connectivity index (χ1) is 4.52. The molecule has 1 N–H and O–H groups in total. The van der Waals surface area contributed by atoms with Crippen molar-refractivity contribution in [3.63, 3.8) is 0 Å². The van der Waals surface area contributed by atoms with Gasteiger partial charge < -0.3 is 0 Å². The van der Waals surface area contributed by atoms with E-state index in [1.54, 1.807) is 6.92 Å². The maximum Gasteiger partial charge on any atom is 0.347 e. The largest absolute Gasteiger partial charge is 0.347 e. The molecule has 1 aliphatic rings. The topological polar surface area (TPSA) is 58.5 Å². The molecule has 1 unspecified atom stereocenters. The molecule has 0 bridgehead atoms. The van der Waals surface area contributed by atoms with Crippen LogP contribution in [0.1, 0.15) is 6.92 Å². The molecule has 0 spiro atoms. The van der Waals surface area contributed by atoms with E-state index < -0.39 is 10.4 Å². The van der Waals surface area contributed by atoms with Crippen molar-refractivity contribution in [1.29, 1.82) is 0 Å². The van der Waals surface area contributed by atoms with Crippen molar-refractivity contribution in [2.24, 2.45) is 4.99 Å². The zero-order valence-electron chi connectivity index (χ0n) is 5.22. The molecule has 3 amide bonds. The van der Waals surface area contributed by atoms with Crippen molar-refractivity contribution in [2.75, 3.05) is 0 Å². The average molecular weight is 205 g/mol. The molecule has 0 radical (unpaired) electrons. The van der Waals surface area contributed by atoms with Crippen LogP contribution in [0.15, 0.2) is 4.99 Å². The number of nitrogens with one attached hydrogen (secondary N) is 1. The zero-order valence-corrected chi connectivity index (χ0v) is 6.81.